The van der Waals surface area contributed by atoms with Crippen LogP contribution in [0.3, 0.4) is 0 Å². The van der Waals surface area contributed by atoms with Gasteiger partial charge in [0.05, 0.1) is 17.8 Å². The summed E-state index contributed by atoms with van der Waals surface area (Å²) in [4.78, 5) is 104. The summed E-state index contributed by atoms with van der Waals surface area (Å²) >= 11 is 0. The van der Waals surface area contributed by atoms with Gasteiger partial charge in [-0.3, -0.25) is 41.5 Å². The standard InChI is InChI=1S/C24H39O24P3/c1-10(2)22(31)43-16-17(44-23(32)11(3)4)19(46-49(34,35)40-7-13(25)26)21(48-51(38,39)42-9-15(29)30)20(18(16)45-24(33)12(5)6)47-50(36,37)41-8-14(27)28/h10-12,16-21H,7-9H2,1-6H3,(H,25,26)(H,27,28)(H,29,30)(H,34,35)(H,36,37)(H,38,39)/t16?,17-,18+,19-,20-,21?/m0/s1. The second kappa shape index (κ2) is 19.3. The molecule has 1 saturated carbocycles. The third kappa shape index (κ3) is 15.7. The molecule has 0 aromatic rings. The molecule has 294 valence electrons. The molecule has 24 nitrogen and oxygen atoms in total. The van der Waals surface area contributed by atoms with Crippen molar-refractivity contribution >= 4 is 59.3 Å². The van der Waals surface area contributed by atoms with Gasteiger partial charge in [-0.2, -0.15) is 0 Å². The monoisotopic (exact) mass is 804 g/mol. The van der Waals surface area contributed by atoms with Crippen LogP contribution in [0.2, 0.25) is 0 Å². The molecule has 0 aromatic heterocycles. The van der Waals surface area contributed by atoms with Gasteiger partial charge in [-0.15, -0.1) is 0 Å². The van der Waals surface area contributed by atoms with E-state index in [0.29, 0.717) is 0 Å². The Balaban J connectivity index is 4.29. The van der Waals surface area contributed by atoms with Crippen molar-refractivity contribution in [2.24, 2.45) is 17.8 Å². The zero-order valence-electron chi connectivity index (χ0n) is 27.7. The molecule has 1 fully saturated rings. The molecule has 0 aromatic carbocycles. The van der Waals surface area contributed by atoms with Crippen LogP contribution >= 0.6 is 23.5 Å². The molecule has 0 spiro atoms. The largest absolute Gasteiger partial charge is 0.480 e. The number of carbonyl (C=O) groups excluding carboxylic acids is 3. The number of carbonyl (C=O) groups is 6. The number of esters is 3. The van der Waals surface area contributed by atoms with Gasteiger partial charge in [0.1, 0.15) is 18.3 Å². The summed E-state index contributed by atoms with van der Waals surface area (Å²) in [5.41, 5.74) is 0. The number of carboxylic acids is 3. The first kappa shape index (κ1) is 46.2. The summed E-state index contributed by atoms with van der Waals surface area (Å²) < 4.78 is 83.3. The van der Waals surface area contributed by atoms with Crippen LogP contribution in [-0.2, 0) is 83.8 Å². The van der Waals surface area contributed by atoms with Gasteiger partial charge in [-0.1, -0.05) is 41.5 Å². The topological polar surface area (TPSA) is 358 Å². The number of phosphoric ester groups is 3. The number of hydrogen-bond acceptors (Lipinski definition) is 18. The highest BCUT2D eigenvalue weighted by Crippen LogP contribution is 2.55. The van der Waals surface area contributed by atoms with Gasteiger partial charge in [0.15, 0.2) is 38.1 Å². The van der Waals surface area contributed by atoms with E-state index in [1.165, 1.54) is 41.5 Å². The maximum atomic E-state index is 13.0. The molecule has 0 heterocycles. The van der Waals surface area contributed by atoms with Crippen LogP contribution in [-0.4, -0.2) is 122 Å². The molecule has 1 rings (SSSR count). The smallest absolute Gasteiger partial charge is 0.473 e. The number of aliphatic carboxylic acids is 3. The number of carboxylic acid groups (broad SMARTS) is 3. The van der Waals surface area contributed by atoms with Crippen LogP contribution in [0.5, 0.6) is 0 Å². The lowest BCUT2D eigenvalue weighted by Crippen LogP contribution is -2.68. The Labute approximate surface area is 289 Å². The van der Waals surface area contributed by atoms with Crippen LogP contribution < -0.4 is 0 Å². The molecule has 0 aliphatic heterocycles. The van der Waals surface area contributed by atoms with E-state index in [2.05, 4.69) is 13.6 Å². The van der Waals surface area contributed by atoms with Crippen LogP contribution in [0.4, 0.5) is 0 Å². The quantitative estimate of drug-likeness (QED) is 0.0521. The van der Waals surface area contributed by atoms with E-state index in [1.807, 2.05) is 0 Å². The van der Waals surface area contributed by atoms with E-state index < -0.39 is 133 Å². The normalized spacial score (nSPS) is 25.6. The van der Waals surface area contributed by atoms with E-state index in [1.54, 1.807) is 0 Å². The van der Waals surface area contributed by atoms with Crippen molar-refractivity contribution in [3.05, 3.63) is 0 Å². The van der Waals surface area contributed by atoms with Gasteiger partial charge in [-0.25, -0.2) is 28.1 Å². The lowest BCUT2D eigenvalue weighted by Gasteiger charge is -2.48. The van der Waals surface area contributed by atoms with Crippen molar-refractivity contribution in [3.8, 4) is 0 Å². The highest BCUT2D eigenvalue weighted by molar-refractivity contribution is 7.48. The van der Waals surface area contributed by atoms with Gasteiger partial charge in [0, 0.05) is 0 Å². The summed E-state index contributed by atoms with van der Waals surface area (Å²) in [6.07, 6.45) is -15.5. The molecule has 9 atom stereocenters. The van der Waals surface area contributed by atoms with Gasteiger partial charge < -0.3 is 44.2 Å². The third-order valence-electron chi connectivity index (χ3n) is 5.93. The van der Waals surface area contributed by atoms with Crippen LogP contribution in [0, 0.1) is 17.8 Å². The van der Waals surface area contributed by atoms with Crippen molar-refractivity contribution in [1.29, 1.82) is 0 Å². The molecule has 0 saturated heterocycles. The zero-order valence-corrected chi connectivity index (χ0v) is 30.4. The van der Waals surface area contributed by atoms with E-state index in [9.17, 15) is 57.1 Å². The minimum Gasteiger partial charge on any atom is -0.480 e. The first-order chi connectivity index (χ1) is 23.2. The summed E-state index contributed by atoms with van der Waals surface area (Å²) in [5.74, 6) is -12.4. The van der Waals surface area contributed by atoms with Crippen molar-refractivity contribution in [2.45, 2.75) is 78.2 Å². The molecule has 0 radical (unpaired) electrons. The van der Waals surface area contributed by atoms with Crippen molar-refractivity contribution in [3.63, 3.8) is 0 Å². The fraction of sp³-hybridized carbons (Fsp3) is 0.750. The van der Waals surface area contributed by atoms with Gasteiger partial charge >= 0.3 is 59.3 Å². The average molecular weight is 804 g/mol. The first-order valence-electron chi connectivity index (χ1n) is 14.4. The van der Waals surface area contributed by atoms with Crippen LogP contribution in [0.15, 0.2) is 0 Å². The van der Waals surface area contributed by atoms with Crippen molar-refractivity contribution in [2.75, 3.05) is 19.8 Å². The number of ether oxygens (including phenoxy) is 3. The van der Waals surface area contributed by atoms with Gasteiger partial charge in [0.25, 0.3) is 0 Å². The minimum absolute atomic E-state index is 1.05. The number of rotatable bonds is 21. The van der Waals surface area contributed by atoms with E-state index in [4.69, 9.17) is 43.1 Å². The molecule has 1 aliphatic rings. The predicted octanol–water partition coefficient (Wildman–Crippen LogP) is 0.464. The second-order valence-corrected chi connectivity index (χ2v) is 15.5. The maximum absolute atomic E-state index is 13.0. The van der Waals surface area contributed by atoms with E-state index in [0.717, 1.165) is 0 Å². The Morgan fingerprint density at radius 1 is 0.451 bits per heavy atom. The Morgan fingerprint density at radius 2 is 0.647 bits per heavy atom. The molecule has 0 bridgehead atoms. The highest BCUT2D eigenvalue weighted by atomic mass is 31.2. The molecular weight excluding hydrogens is 765 g/mol. The second-order valence-electron chi connectivity index (χ2n) is 11.3. The summed E-state index contributed by atoms with van der Waals surface area (Å²) in [5, 5.41) is 26.9. The van der Waals surface area contributed by atoms with Crippen molar-refractivity contribution in [1.82, 2.24) is 0 Å². The first-order valence-corrected chi connectivity index (χ1v) is 18.9. The molecule has 27 heteroatoms. The molecule has 1 aliphatic carbocycles. The molecule has 51 heavy (non-hydrogen) atoms. The van der Waals surface area contributed by atoms with Gasteiger partial charge in [0.2, 0.25) is 0 Å². The van der Waals surface area contributed by atoms with E-state index in [-0.39, 0.29) is 0 Å². The maximum Gasteiger partial charge on any atom is 0.473 e. The van der Waals surface area contributed by atoms with Crippen LogP contribution in [0.25, 0.3) is 0 Å². The van der Waals surface area contributed by atoms with Crippen LogP contribution in [0.1, 0.15) is 41.5 Å². The lowest BCUT2D eigenvalue weighted by atomic mass is 9.84. The zero-order chi connectivity index (χ0) is 39.6. The van der Waals surface area contributed by atoms with Gasteiger partial charge in [-0.05, 0) is 0 Å². The fourth-order valence-electron chi connectivity index (χ4n) is 3.66. The molecule has 0 amide bonds. The minimum atomic E-state index is -5.85. The van der Waals surface area contributed by atoms with E-state index >= 15 is 0 Å². The Morgan fingerprint density at radius 3 is 0.843 bits per heavy atom. The Kier molecular flexibility index (Phi) is 17.5. The lowest BCUT2D eigenvalue weighted by molar-refractivity contribution is -0.244. The SMILES string of the molecule is CC(C)C(=O)OC1[C@@H](OC(=O)C(C)C)[C@H](OP(=O)(O)OCC(=O)O)C(OP(=O)(O)OCC(=O)O)[C@@H](OP(=O)(O)OCC(=O)O)[C@H]1OC(=O)C(C)C. The Hall–Kier alpha value is -2.85. The fourth-order valence-corrected chi connectivity index (χ4v) is 6.30. The summed E-state index contributed by atoms with van der Waals surface area (Å²) in [7, 11) is -17.5. The number of phosphoric acid groups is 3. The molecule has 5 unspecified atom stereocenters. The predicted molar refractivity (Wildman–Crippen MR) is 159 cm³/mol. The third-order valence-corrected chi connectivity index (χ3v) is 8.83. The summed E-state index contributed by atoms with van der Waals surface area (Å²) in [6.45, 7) is 2.99. The average Bonchev–Trinajstić information content (AvgIpc) is 2.98. The summed E-state index contributed by atoms with van der Waals surface area (Å²) in [6, 6.07) is 0. The Bertz CT molecular complexity index is 1350. The highest BCUT2D eigenvalue weighted by Gasteiger charge is 2.63. The molecular formula is C24H39O24P3. The number of hydrogen-bond donors (Lipinski definition) is 6. The molecule has 6 N–H and O–H groups in total. The van der Waals surface area contributed by atoms with Crippen molar-refractivity contribution < 1.29 is 114 Å².